The van der Waals surface area contributed by atoms with Gasteiger partial charge in [0, 0.05) is 5.41 Å². The van der Waals surface area contributed by atoms with Gasteiger partial charge in [0.1, 0.15) is 0 Å². The Morgan fingerprint density at radius 3 is 1.17 bits per heavy atom. The molecule has 2 fully saturated rings. The van der Waals surface area contributed by atoms with Crippen LogP contribution in [0.25, 0.3) is 0 Å². The summed E-state index contributed by atoms with van der Waals surface area (Å²) in [4.78, 5) is 0. The second-order valence-corrected chi connectivity index (χ2v) is 5.67. The van der Waals surface area contributed by atoms with Crippen LogP contribution in [0.15, 0.2) is 0 Å². The Labute approximate surface area is 76.5 Å². The van der Waals surface area contributed by atoms with E-state index in [9.17, 15) is 0 Å². The third-order valence-corrected chi connectivity index (χ3v) is 2.69. The highest BCUT2D eigenvalue weighted by molar-refractivity contribution is 4.77. The van der Waals surface area contributed by atoms with Crippen molar-refractivity contribution in [1.82, 2.24) is 0 Å². The lowest BCUT2D eigenvalue weighted by Gasteiger charge is -2.33. The summed E-state index contributed by atoms with van der Waals surface area (Å²) in [5, 5.41) is 0. The normalized spacial score (nSPS) is 29.0. The Bertz CT molecular complexity index is 117. The van der Waals surface area contributed by atoms with E-state index in [0.717, 1.165) is 18.6 Å². The maximum Gasteiger partial charge on any atom is 0.0539 e. The van der Waals surface area contributed by atoms with Crippen LogP contribution in [0.4, 0.5) is 0 Å². The molecule has 2 aliphatic rings. The first-order chi connectivity index (χ1) is 5.41. The van der Waals surface area contributed by atoms with Crippen LogP contribution in [0.3, 0.4) is 0 Å². The topological polar surface area (TPSA) is 9.23 Å². The highest BCUT2D eigenvalue weighted by Gasteiger charge is 2.26. The van der Waals surface area contributed by atoms with Crippen molar-refractivity contribution >= 4 is 0 Å². The minimum atomic E-state index is 0.500. The molecule has 12 heavy (non-hydrogen) atoms. The van der Waals surface area contributed by atoms with Gasteiger partial charge in [0.2, 0.25) is 0 Å². The molecular weight excluding hydrogens is 148 g/mol. The Kier molecular flexibility index (Phi) is 2.82. The van der Waals surface area contributed by atoms with Gasteiger partial charge in [0.25, 0.3) is 0 Å². The van der Waals surface area contributed by atoms with Gasteiger partial charge in [-0.05, 0) is 18.3 Å². The Balaban J connectivity index is 0.000000120. The Hall–Kier alpha value is -0.0400. The predicted molar refractivity (Wildman–Crippen MR) is 52.2 cm³/mol. The second-order valence-electron chi connectivity index (χ2n) is 5.67. The number of rotatable bonds is 0. The van der Waals surface area contributed by atoms with Crippen LogP contribution >= 0.6 is 0 Å². The van der Waals surface area contributed by atoms with Gasteiger partial charge in [-0.25, -0.2) is 0 Å². The molecule has 0 radical (unpaired) electrons. The minimum absolute atomic E-state index is 0.500. The lowest BCUT2D eigenvalue weighted by Crippen LogP contribution is -2.36. The first kappa shape index (κ1) is 10.0. The molecule has 0 amide bonds. The van der Waals surface area contributed by atoms with Gasteiger partial charge in [-0.2, -0.15) is 0 Å². The molecule has 1 saturated heterocycles. The first-order valence-electron chi connectivity index (χ1n) is 4.99. The summed E-state index contributed by atoms with van der Waals surface area (Å²) in [6, 6.07) is 0. The summed E-state index contributed by atoms with van der Waals surface area (Å²) in [6.45, 7) is 11.0. The molecule has 1 heterocycles. The molecule has 1 aliphatic carbocycles. The van der Waals surface area contributed by atoms with Crippen molar-refractivity contribution in [3.05, 3.63) is 0 Å². The van der Waals surface area contributed by atoms with Crippen LogP contribution in [0.1, 0.15) is 47.0 Å². The molecule has 0 aromatic carbocycles. The van der Waals surface area contributed by atoms with Crippen LogP contribution in [-0.2, 0) is 4.74 Å². The van der Waals surface area contributed by atoms with Crippen LogP contribution in [0.5, 0.6) is 0 Å². The molecule has 2 rings (SSSR count). The second kappa shape index (κ2) is 3.37. The van der Waals surface area contributed by atoms with Gasteiger partial charge in [-0.3, -0.25) is 0 Å². The first-order valence-corrected chi connectivity index (χ1v) is 4.99. The highest BCUT2D eigenvalue weighted by atomic mass is 16.5. The quantitative estimate of drug-likeness (QED) is 0.542. The van der Waals surface area contributed by atoms with E-state index < -0.39 is 0 Å². The maximum atomic E-state index is 4.94. The summed E-state index contributed by atoms with van der Waals surface area (Å²) in [5.41, 5.74) is 1.22. The monoisotopic (exact) mass is 170 g/mol. The third kappa shape index (κ3) is 3.14. The fraction of sp³-hybridized carbons (Fsp3) is 1.00. The zero-order chi connectivity index (χ0) is 9.24. The van der Waals surface area contributed by atoms with Gasteiger partial charge in [-0.15, -0.1) is 0 Å². The van der Waals surface area contributed by atoms with E-state index in [-0.39, 0.29) is 0 Å². The summed E-state index contributed by atoms with van der Waals surface area (Å²) >= 11 is 0. The number of hydrogen-bond acceptors (Lipinski definition) is 1. The smallest absolute Gasteiger partial charge is 0.0539 e. The van der Waals surface area contributed by atoms with Gasteiger partial charge in [0.05, 0.1) is 13.2 Å². The number of hydrogen-bond donors (Lipinski definition) is 0. The fourth-order valence-electron chi connectivity index (χ4n) is 1.39. The highest BCUT2D eigenvalue weighted by Crippen LogP contribution is 2.38. The van der Waals surface area contributed by atoms with E-state index in [1.807, 2.05) is 0 Å². The molecule has 0 atom stereocenters. The number of ether oxygens (including phenoxy) is 1. The minimum Gasteiger partial charge on any atom is -0.380 e. The summed E-state index contributed by atoms with van der Waals surface area (Å²) in [7, 11) is 0. The van der Waals surface area contributed by atoms with Crippen molar-refractivity contribution in [2.75, 3.05) is 13.2 Å². The van der Waals surface area contributed by atoms with Crippen molar-refractivity contribution in [3.8, 4) is 0 Å². The van der Waals surface area contributed by atoms with E-state index in [1.165, 1.54) is 19.3 Å². The van der Waals surface area contributed by atoms with Crippen LogP contribution in [-0.4, -0.2) is 13.2 Å². The lowest BCUT2D eigenvalue weighted by atomic mass is 9.72. The average molecular weight is 170 g/mol. The molecule has 1 saturated carbocycles. The predicted octanol–water partition coefficient (Wildman–Crippen LogP) is 3.24. The van der Waals surface area contributed by atoms with Gasteiger partial charge >= 0.3 is 0 Å². The molecular formula is C11H22O. The molecule has 1 aliphatic heterocycles. The van der Waals surface area contributed by atoms with E-state index >= 15 is 0 Å². The molecule has 0 N–H and O–H groups in total. The molecule has 0 aromatic heterocycles. The van der Waals surface area contributed by atoms with Crippen molar-refractivity contribution in [3.63, 3.8) is 0 Å². The zero-order valence-electron chi connectivity index (χ0n) is 8.94. The summed E-state index contributed by atoms with van der Waals surface area (Å²) in [5.74, 6) is 0. The molecule has 1 heteroatoms. The third-order valence-electron chi connectivity index (χ3n) is 2.69. The van der Waals surface area contributed by atoms with Crippen LogP contribution < -0.4 is 0 Å². The maximum absolute atomic E-state index is 4.94. The molecule has 0 spiro atoms. The lowest BCUT2D eigenvalue weighted by molar-refractivity contribution is -0.0892. The molecule has 0 bridgehead atoms. The van der Waals surface area contributed by atoms with Crippen LogP contribution in [0, 0.1) is 10.8 Å². The zero-order valence-corrected chi connectivity index (χ0v) is 8.94. The molecule has 72 valence electrons. The fourth-order valence-corrected chi connectivity index (χ4v) is 1.39. The van der Waals surface area contributed by atoms with Crippen molar-refractivity contribution in [1.29, 1.82) is 0 Å². The van der Waals surface area contributed by atoms with Crippen molar-refractivity contribution in [2.24, 2.45) is 10.8 Å². The summed E-state index contributed by atoms with van der Waals surface area (Å²) in [6.07, 6.45) is 4.37. The Morgan fingerprint density at radius 1 is 0.833 bits per heavy atom. The average Bonchev–Trinajstić information content (AvgIpc) is 1.83. The van der Waals surface area contributed by atoms with Gasteiger partial charge in [0.15, 0.2) is 0 Å². The van der Waals surface area contributed by atoms with Crippen molar-refractivity contribution in [2.45, 2.75) is 47.0 Å². The van der Waals surface area contributed by atoms with Crippen LogP contribution in [0.2, 0.25) is 0 Å². The van der Waals surface area contributed by atoms with E-state index in [0.29, 0.717) is 5.41 Å². The molecule has 0 aromatic rings. The largest absolute Gasteiger partial charge is 0.380 e. The van der Waals surface area contributed by atoms with Crippen molar-refractivity contribution < 1.29 is 4.74 Å². The molecule has 0 unspecified atom stereocenters. The standard InChI is InChI=1S/C6H12.C5H10O/c1-6(2)4-3-5-6;1-5(2)3-6-4-5/h3-5H2,1-2H3;3-4H2,1-2H3. The van der Waals surface area contributed by atoms with Gasteiger partial charge < -0.3 is 4.74 Å². The van der Waals surface area contributed by atoms with Gasteiger partial charge in [-0.1, -0.05) is 34.1 Å². The van der Waals surface area contributed by atoms with E-state index in [4.69, 9.17) is 4.74 Å². The SMILES string of the molecule is CC1(C)CCC1.CC1(C)COC1. The van der Waals surface area contributed by atoms with E-state index in [1.54, 1.807) is 0 Å². The van der Waals surface area contributed by atoms with E-state index in [2.05, 4.69) is 27.7 Å². The summed E-state index contributed by atoms with van der Waals surface area (Å²) < 4.78 is 4.94. The molecule has 1 nitrogen and oxygen atoms in total. The Morgan fingerprint density at radius 2 is 1.17 bits per heavy atom.